The van der Waals surface area contributed by atoms with Gasteiger partial charge in [0.25, 0.3) is 0 Å². The summed E-state index contributed by atoms with van der Waals surface area (Å²) in [5.41, 5.74) is 0.961. The average molecular weight is 188 g/mol. The van der Waals surface area contributed by atoms with Crippen LogP contribution in [-0.4, -0.2) is 20.2 Å². The lowest BCUT2D eigenvalue weighted by molar-refractivity contribution is 0.980. The first kappa shape index (κ1) is 10.2. The topological polar surface area (TPSA) is 51.6 Å². The van der Waals surface area contributed by atoms with Gasteiger partial charge in [-0.15, -0.1) is 0 Å². The Morgan fingerprint density at radius 1 is 0.929 bits per heavy atom. The van der Waals surface area contributed by atoms with E-state index in [1.807, 2.05) is 26.0 Å². The third kappa shape index (κ3) is 4.25. The first-order valence-corrected chi connectivity index (χ1v) is 4.27. The van der Waals surface area contributed by atoms with Crippen molar-refractivity contribution in [1.29, 1.82) is 0 Å². The Bertz CT molecular complexity index is 310. The van der Waals surface area contributed by atoms with E-state index in [1.165, 1.54) is 0 Å². The van der Waals surface area contributed by atoms with Gasteiger partial charge in [-0.1, -0.05) is 0 Å². The summed E-state index contributed by atoms with van der Waals surface area (Å²) < 4.78 is 0. The van der Waals surface area contributed by atoms with Crippen LogP contribution < -0.4 is 0 Å². The van der Waals surface area contributed by atoms with Crippen LogP contribution in [0.4, 0.5) is 0 Å². The molecule has 0 aliphatic carbocycles. The van der Waals surface area contributed by atoms with Crippen LogP contribution in [-0.2, 0) is 0 Å². The first-order valence-electron chi connectivity index (χ1n) is 4.27. The Hall–Kier alpha value is -1.84. The maximum absolute atomic E-state index is 3.87. The van der Waals surface area contributed by atoms with Crippen molar-refractivity contribution in [2.75, 3.05) is 0 Å². The van der Waals surface area contributed by atoms with E-state index in [9.17, 15) is 0 Å². The highest BCUT2D eigenvalue weighted by atomic mass is 15.1. The zero-order chi connectivity index (χ0) is 10.2. The number of hydrogen-bond acceptors (Lipinski definition) is 4. The minimum Gasteiger partial charge on any atom is -0.242 e. The fourth-order valence-electron chi connectivity index (χ4n) is 0.752. The van der Waals surface area contributed by atoms with Crippen molar-refractivity contribution in [1.82, 2.24) is 20.2 Å². The molecular formula is C10H12N4. The van der Waals surface area contributed by atoms with Gasteiger partial charge in [0.15, 0.2) is 0 Å². The van der Waals surface area contributed by atoms with Gasteiger partial charge in [0, 0.05) is 18.6 Å². The molecule has 0 bridgehead atoms. The summed E-state index contributed by atoms with van der Waals surface area (Å²) in [7, 11) is 0. The third-order valence-corrected chi connectivity index (χ3v) is 1.40. The van der Waals surface area contributed by atoms with E-state index in [1.54, 1.807) is 24.7 Å². The molecule has 2 heterocycles. The van der Waals surface area contributed by atoms with Crippen molar-refractivity contribution in [2.45, 2.75) is 13.8 Å². The molecule has 0 unspecified atom stereocenters. The SMILES string of the molecule is Cc1cccnn1.Cc1ncccn1. The number of rotatable bonds is 0. The van der Waals surface area contributed by atoms with Gasteiger partial charge < -0.3 is 0 Å². The van der Waals surface area contributed by atoms with E-state index in [0.717, 1.165) is 11.5 Å². The molecule has 2 aromatic rings. The second kappa shape index (κ2) is 5.75. The molecule has 0 aliphatic heterocycles. The van der Waals surface area contributed by atoms with E-state index >= 15 is 0 Å². The minimum atomic E-state index is 0.822. The van der Waals surface area contributed by atoms with Gasteiger partial charge in [-0.05, 0) is 32.0 Å². The number of aromatic nitrogens is 4. The molecule has 0 saturated carbocycles. The zero-order valence-electron chi connectivity index (χ0n) is 8.25. The molecule has 0 saturated heterocycles. The van der Waals surface area contributed by atoms with Gasteiger partial charge in [0.1, 0.15) is 5.82 Å². The maximum atomic E-state index is 3.87. The normalized spacial score (nSPS) is 8.71. The average Bonchev–Trinajstić information content (AvgIpc) is 2.21. The summed E-state index contributed by atoms with van der Waals surface area (Å²) in [6.07, 6.45) is 5.11. The van der Waals surface area contributed by atoms with E-state index in [4.69, 9.17) is 0 Å². The predicted molar refractivity (Wildman–Crippen MR) is 53.5 cm³/mol. The third-order valence-electron chi connectivity index (χ3n) is 1.40. The molecule has 0 N–H and O–H groups in total. The van der Waals surface area contributed by atoms with Crippen molar-refractivity contribution in [3.63, 3.8) is 0 Å². The number of nitrogens with zero attached hydrogens (tertiary/aromatic N) is 4. The molecule has 0 fully saturated rings. The molecule has 2 aromatic heterocycles. The summed E-state index contributed by atoms with van der Waals surface area (Å²) in [6.45, 7) is 3.77. The lowest BCUT2D eigenvalue weighted by atomic mass is 10.4. The molecule has 4 nitrogen and oxygen atoms in total. The highest BCUT2D eigenvalue weighted by Gasteiger charge is 1.75. The molecule has 14 heavy (non-hydrogen) atoms. The van der Waals surface area contributed by atoms with Crippen LogP contribution in [0, 0.1) is 13.8 Å². The number of hydrogen-bond donors (Lipinski definition) is 0. The fraction of sp³-hybridized carbons (Fsp3) is 0.200. The monoisotopic (exact) mass is 188 g/mol. The second-order valence-electron chi connectivity index (χ2n) is 2.66. The smallest absolute Gasteiger partial charge is 0.125 e. The summed E-state index contributed by atoms with van der Waals surface area (Å²) in [4.78, 5) is 7.74. The van der Waals surface area contributed by atoms with Crippen LogP contribution in [0.15, 0.2) is 36.8 Å². The van der Waals surface area contributed by atoms with Crippen molar-refractivity contribution in [2.24, 2.45) is 0 Å². The van der Waals surface area contributed by atoms with Crippen LogP contribution in [0.25, 0.3) is 0 Å². The molecule has 0 spiro atoms. The fourth-order valence-corrected chi connectivity index (χ4v) is 0.752. The first-order chi connectivity index (χ1) is 6.79. The molecule has 0 aliphatic rings. The van der Waals surface area contributed by atoms with Gasteiger partial charge in [0.2, 0.25) is 0 Å². The largest absolute Gasteiger partial charge is 0.242 e. The van der Waals surface area contributed by atoms with Gasteiger partial charge in [-0.2, -0.15) is 10.2 Å². The van der Waals surface area contributed by atoms with Gasteiger partial charge >= 0.3 is 0 Å². The van der Waals surface area contributed by atoms with Gasteiger partial charge in [-0.3, -0.25) is 0 Å². The van der Waals surface area contributed by atoms with Crippen LogP contribution in [0.5, 0.6) is 0 Å². The summed E-state index contributed by atoms with van der Waals surface area (Å²) >= 11 is 0. The van der Waals surface area contributed by atoms with E-state index in [2.05, 4.69) is 20.2 Å². The molecule has 72 valence electrons. The van der Waals surface area contributed by atoms with Crippen LogP contribution in [0.1, 0.15) is 11.5 Å². The minimum absolute atomic E-state index is 0.822. The number of aryl methyl sites for hydroxylation is 2. The molecule has 2 rings (SSSR count). The van der Waals surface area contributed by atoms with Crippen molar-refractivity contribution < 1.29 is 0 Å². The standard InChI is InChI=1S/2C5H6N2/c1-5-6-3-2-4-7-5;1-5-3-2-4-6-7-5/h2*2-4H,1H3. The molecule has 0 aromatic carbocycles. The van der Waals surface area contributed by atoms with Gasteiger partial charge in [-0.25, -0.2) is 9.97 Å². The zero-order valence-corrected chi connectivity index (χ0v) is 8.25. The Morgan fingerprint density at radius 2 is 1.64 bits per heavy atom. The summed E-state index contributed by atoms with van der Waals surface area (Å²) in [6, 6.07) is 5.57. The highest BCUT2D eigenvalue weighted by molar-refractivity contribution is 4.94. The highest BCUT2D eigenvalue weighted by Crippen LogP contribution is 1.82. The maximum Gasteiger partial charge on any atom is 0.125 e. The Balaban J connectivity index is 0.000000140. The van der Waals surface area contributed by atoms with Crippen molar-refractivity contribution >= 4 is 0 Å². The van der Waals surface area contributed by atoms with Crippen LogP contribution in [0.2, 0.25) is 0 Å². The summed E-state index contributed by atoms with van der Waals surface area (Å²) in [5.74, 6) is 0.822. The van der Waals surface area contributed by atoms with Crippen molar-refractivity contribution in [3.8, 4) is 0 Å². The molecule has 0 atom stereocenters. The predicted octanol–water partition coefficient (Wildman–Crippen LogP) is 1.57. The molecule has 4 heteroatoms. The van der Waals surface area contributed by atoms with E-state index in [-0.39, 0.29) is 0 Å². The lowest BCUT2D eigenvalue weighted by Gasteiger charge is -1.81. The molecule has 0 amide bonds. The van der Waals surface area contributed by atoms with Gasteiger partial charge in [0.05, 0.1) is 5.69 Å². The summed E-state index contributed by atoms with van der Waals surface area (Å²) in [5, 5.41) is 7.36. The van der Waals surface area contributed by atoms with E-state index < -0.39 is 0 Å². The second-order valence-corrected chi connectivity index (χ2v) is 2.66. The lowest BCUT2D eigenvalue weighted by Crippen LogP contribution is -1.80. The Morgan fingerprint density at radius 3 is 1.93 bits per heavy atom. The van der Waals surface area contributed by atoms with Crippen LogP contribution >= 0.6 is 0 Å². The Labute approximate surface area is 83.1 Å². The van der Waals surface area contributed by atoms with Crippen LogP contribution in [0.3, 0.4) is 0 Å². The van der Waals surface area contributed by atoms with E-state index in [0.29, 0.717) is 0 Å². The quantitative estimate of drug-likeness (QED) is 0.629. The molecular weight excluding hydrogens is 176 g/mol. The Kier molecular flexibility index (Phi) is 4.20. The van der Waals surface area contributed by atoms with Crippen molar-refractivity contribution in [3.05, 3.63) is 48.3 Å². The molecule has 0 radical (unpaired) electrons.